The highest BCUT2D eigenvalue weighted by atomic mass is 15.1. The minimum absolute atomic E-state index is 0.541. The Balaban J connectivity index is 0.888. The van der Waals surface area contributed by atoms with E-state index in [9.17, 15) is 0 Å². The first kappa shape index (κ1) is 40.1. The maximum absolute atomic E-state index is 2.43. The molecule has 0 saturated carbocycles. The van der Waals surface area contributed by atoms with E-state index in [1.165, 1.54) is 111 Å². The summed E-state index contributed by atoms with van der Waals surface area (Å²) in [5.74, 6) is 0. The molecule has 1 heteroatoms. The Bertz CT molecular complexity index is 3950. The number of anilines is 3. The van der Waals surface area contributed by atoms with Crippen molar-refractivity contribution in [2.75, 3.05) is 4.90 Å². The van der Waals surface area contributed by atoms with Gasteiger partial charge in [0.2, 0.25) is 0 Å². The fourth-order valence-electron chi connectivity index (χ4n) is 12.0. The molecule has 2 aliphatic carbocycles. The molecule has 1 nitrogen and oxygen atoms in total. The standard InChI is InChI=1S/C69H45N/c1-2-17-52(18-3-1)70(53-39-34-46(35-40-53)50-33-32-49-31-30-48-16-4-5-19-55(48)63(49)44-50)54-41-36-47(37-42-54)51-38-43-58-60-23-9-13-27-66(60)69(67-28-14-10-24-61(67)62-25-11-15-29-68(62)69)65-26-12-8-22-59(65)56-20-6-7-21-57(56)64(58)45-51/h1-45H. The molecule has 0 aliphatic heterocycles. The van der Waals surface area contributed by atoms with Crippen LogP contribution in [0.3, 0.4) is 0 Å². The van der Waals surface area contributed by atoms with E-state index in [0.717, 1.165) is 17.1 Å². The SMILES string of the molecule is c1ccc(N(c2ccc(-c3ccc4c(c3)-c3ccccc3-c3ccccc3C3(c5ccccc5-4)c4ccccc4-c4ccccc43)cc2)c2ccc(-c3ccc4ccc5ccccc5c4c3)cc2)cc1. The van der Waals surface area contributed by atoms with Gasteiger partial charge in [0.05, 0.1) is 5.41 Å². The molecular formula is C69H45N. The summed E-state index contributed by atoms with van der Waals surface area (Å²) in [4.78, 5) is 2.35. The Morgan fingerprint density at radius 1 is 0.214 bits per heavy atom. The lowest BCUT2D eigenvalue weighted by Gasteiger charge is -2.36. The summed E-state index contributed by atoms with van der Waals surface area (Å²) >= 11 is 0. The van der Waals surface area contributed by atoms with Crippen LogP contribution in [0.15, 0.2) is 273 Å². The molecule has 0 saturated heterocycles. The lowest BCUT2D eigenvalue weighted by Crippen LogP contribution is -2.30. The lowest BCUT2D eigenvalue weighted by atomic mass is 9.64. The van der Waals surface area contributed by atoms with Gasteiger partial charge < -0.3 is 4.90 Å². The largest absolute Gasteiger partial charge is 0.311 e. The third kappa shape index (κ3) is 6.12. The molecule has 12 aromatic carbocycles. The average molecular weight is 888 g/mol. The third-order valence-corrected chi connectivity index (χ3v) is 15.1. The molecule has 0 radical (unpaired) electrons. The molecule has 326 valence electrons. The predicted molar refractivity (Wildman–Crippen MR) is 294 cm³/mol. The van der Waals surface area contributed by atoms with Crippen molar-refractivity contribution >= 4 is 38.6 Å². The molecule has 0 unspecified atom stereocenters. The second kappa shape index (κ2) is 16.0. The van der Waals surface area contributed by atoms with E-state index in [2.05, 4.69) is 278 Å². The zero-order chi connectivity index (χ0) is 46.2. The molecule has 0 N–H and O–H groups in total. The van der Waals surface area contributed by atoms with Gasteiger partial charge in [-0.15, -0.1) is 0 Å². The Morgan fingerprint density at radius 2 is 0.571 bits per heavy atom. The van der Waals surface area contributed by atoms with E-state index in [1.807, 2.05) is 0 Å². The second-order valence-electron chi connectivity index (χ2n) is 18.7. The number of benzene rings is 12. The van der Waals surface area contributed by atoms with Gasteiger partial charge in [0.25, 0.3) is 0 Å². The number of fused-ring (bicyclic) bond motifs is 17. The maximum Gasteiger partial charge on any atom is 0.0725 e. The van der Waals surface area contributed by atoms with Crippen molar-refractivity contribution in [2.24, 2.45) is 0 Å². The van der Waals surface area contributed by atoms with Crippen LogP contribution in [-0.4, -0.2) is 0 Å². The molecule has 0 bridgehead atoms. The van der Waals surface area contributed by atoms with Gasteiger partial charge in [-0.3, -0.25) is 0 Å². The van der Waals surface area contributed by atoms with E-state index >= 15 is 0 Å². The molecule has 0 heterocycles. The van der Waals surface area contributed by atoms with Gasteiger partial charge in [0.15, 0.2) is 0 Å². The summed E-state index contributed by atoms with van der Waals surface area (Å²) in [6, 6.07) is 101. The normalized spacial score (nSPS) is 12.7. The Hall–Kier alpha value is -9.04. The van der Waals surface area contributed by atoms with Gasteiger partial charge in [0, 0.05) is 17.1 Å². The van der Waals surface area contributed by atoms with Gasteiger partial charge in [-0.25, -0.2) is 0 Å². The predicted octanol–water partition coefficient (Wildman–Crippen LogP) is 18.5. The molecule has 70 heavy (non-hydrogen) atoms. The number of hydrogen-bond acceptors (Lipinski definition) is 1. The highest BCUT2D eigenvalue weighted by Gasteiger charge is 2.48. The van der Waals surface area contributed by atoms with Gasteiger partial charge in [-0.2, -0.15) is 0 Å². The van der Waals surface area contributed by atoms with Crippen molar-refractivity contribution in [1.82, 2.24) is 0 Å². The molecule has 0 atom stereocenters. The fraction of sp³-hybridized carbons (Fsp3) is 0.0145. The Labute approximate surface area is 408 Å². The number of rotatable bonds is 5. The van der Waals surface area contributed by atoms with Crippen molar-refractivity contribution in [3.05, 3.63) is 295 Å². The van der Waals surface area contributed by atoms with Gasteiger partial charge in [-0.1, -0.05) is 224 Å². The van der Waals surface area contributed by atoms with Crippen LogP contribution in [0.2, 0.25) is 0 Å². The van der Waals surface area contributed by atoms with Gasteiger partial charge in [0.1, 0.15) is 0 Å². The summed E-state index contributed by atoms with van der Waals surface area (Å²) in [5.41, 5.74) is 22.8. The summed E-state index contributed by atoms with van der Waals surface area (Å²) in [6.07, 6.45) is 0. The third-order valence-electron chi connectivity index (χ3n) is 15.1. The van der Waals surface area contributed by atoms with E-state index in [4.69, 9.17) is 0 Å². The van der Waals surface area contributed by atoms with E-state index in [0.29, 0.717) is 0 Å². The van der Waals surface area contributed by atoms with Crippen molar-refractivity contribution in [3.8, 4) is 66.8 Å². The van der Waals surface area contributed by atoms with Crippen LogP contribution in [0, 0.1) is 0 Å². The summed E-state index contributed by atoms with van der Waals surface area (Å²) in [7, 11) is 0. The van der Waals surface area contributed by atoms with Gasteiger partial charge in [-0.05, 0) is 159 Å². The second-order valence-corrected chi connectivity index (χ2v) is 18.7. The highest BCUT2D eigenvalue weighted by Crippen LogP contribution is 2.61. The van der Waals surface area contributed by atoms with Crippen molar-refractivity contribution in [3.63, 3.8) is 0 Å². The first-order valence-electron chi connectivity index (χ1n) is 24.3. The fourth-order valence-corrected chi connectivity index (χ4v) is 12.0. The van der Waals surface area contributed by atoms with Crippen LogP contribution in [0.25, 0.3) is 88.3 Å². The van der Waals surface area contributed by atoms with Crippen LogP contribution >= 0.6 is 0 Å². The topological polar surface area (TPSA) is 3.24 Å². The smallest absolute Gasteiger partial charge is 0.0725 e. The first-order valence-corrected chi connectivity index (χ1v) is 24.3. The monoisotopic (exact) mass is 887 g/mol. The molecule has 0 amide bonds. The van der Waals surface area contributed by atoms with E-state index in [-0.39, 0.29) is 0 Å². The number of hydrogen-bond donors (Lipinski definition) is 0. The lowest BCUT2D eigenvalue weighted by molar-refractivity contribution is 0.773. The molecular weight excluding hydrogens is 843 g/mol. The van der Waals surface area contributed by atoms with Crippen LogP contribution in [-0.2, 0) is 5.41 Å². The summed E-state index contributed by atoms with van der Waals surface area (Å²) < 4.78 is 0. The van der Waals surface area contributed by atoms with Crippen LogP contribution in [0.4, 0.5) is 17.1 Å². The molecule has 0 fully saturated rings. The van der Waals surface area contributed by atoms with Crippen LogP contribution < -0.4 is 4.90 Å². The Morgan fingerprint density at radius 3 is 1.13 bits per heavy atom. The van der Waals surface area contributed by atoms with Gasteiger partial charge >= 0.3 is 0 Å². The number of nitrogens with zero attached hydrogens (tertiary/aromatic N) is 1. The van der Waals surface area contributed by atoms with E-state index in [1.54, 1.807) is 0 Å². The zero-order valence-electron chi connectivity index (χ0n) is 38.4. The minimum Gasteiger partial charge on any atom is -0.311 e. The summed E-state index contributed by atoms with van der Waals surface area (Å²) in [6.45, 7) is 0. The molecule has 0 aromatic heterocycles. The van der Waals surface area contributed by atoms with E-state index < -0.39 is 5.41 Å². The zero-order valence-corrected chi connectivity index (χ0v) is 38.4. The molecule has 14 rings (SSSR count). The number of para-hydroxylation sites is 1. The maximum atomic E-state index is 2.43. The quantitative estimate of drug-likeness (QED) is 0.156. The van der Waals surface area contributed by atoms with Crippen LogP contribution in [0.1, 0.15) is 22.3 Å². The Kier molecular flexibility index (Phi) is 9.19. The highest BCUT2D eigenvalue weighted by molar-refractivity contribution is 6.09. The van der Waals surface area contributed by atoms with Crippen molar-refractivity contribution in [2.45, 2.75) is 5.41 Å². The summed E-state index contributed by atoms with van der Waals surface area (Å²) in [5, 5.41) is 5.08. The average Bonchev–Trinajstić information content (AvgIpc) is 3.76. The molecule has 1 spiro atoms. The van der Waals surface area contributed by atoms with Crippen molar-refractivity contribution in [1.29, 1.82) is 0 Å². The van der Waals surface area contributed by atoms with Crippen molar-refractivity contribution < 1.29 is 0 Å². The molecule has 2 aliphatic rings. The first-order chi connectivity index (χ1) is 34.7. The minimum atomic E-state index is -0.541. The van der Waals surface area contributed by atoms with Crippen LogP contribution in [0.5, 0.6) is 0 Å². The molecule has 12 aromatic rings.